The molecule has 0 aromatic rings. The lowest BCUT2D eigenvalue weighted by molar-refractivity contribution is -0.541. The maximum Gasteiger partial charge on any atom is 0.233 e. The topological polar surface area (TPSA) is 57.2 Å². The molecule has 1 rings (SSSR count). The van der Waals surface area contributed by atoms with Crippen molar-refractivity contribution in [1.82, 2.24) is 0 Å². The predicted molar refractivity (Wildman–Crippen MR) is 80.5 cm³/mol. The smallest absolute Gasteiger partial charge is 0.233 e. The normalized spacial score (nSPS) is 22.3. The Morgan fingerprint density at radius 3 is 1.62 bits per heavy atom. The minimum absolute atomic E-state index is 0.628. The summed E-state index contributed by atoms with van der Waals surface area (Å²) in [6, 6.07) is 0. The number of methoxy groups -OCH3 is 1. The summed E-state index contributed by atoms with van der Waals surface area (Å²) in [7, 11) is 1.55. The van der Waals surface area contributed by atoms with E-state index in [-0.39, 0.29) is 0 Å². The second-order valence-electron chi connectivity index (χ2n) is 6.45. The van der Waals surface area contributed by atoms with E-state index in [2.05, 4.69) is 0 Å². The Labute approximate surface area is 128 Å². The fraction of sp³-hybridized carbons (Fsp3) is 1.00. The van der Waals surface area contributed by atoms with Crippen LogP contribution in [0.25, 0.3) is 0 Å². The third kappa shape index (κ3) is 7.56. The van der Waals surface area contributed by atoms with Crippen molar-refractivity contribution in [2.45, 2.75) is 96.1 Å². The van der Waals surface area contributed by atoms with Gasteiger partial charge in [0.15, 0.2) is 5.79 Å². The SMILES string of the molecule is COC(C)(C)OOC1(OO)CCCCCCCCCCC1. The summed E-state index contributed by atoms with van der Waals surface area (Å²) in [5.74, 6) is -1.94. The van der Waals surface area contributed by atoms with Crippen LogP contribution in [0.1, 0.15) is 84.5 Å². The van der Waals surface area contributed by atoms with Crippen LogP contribution in [0, 0.1) is 0 Å². The van der Waals surface area contributed by atoms with Crippen LogP contribution in [0.15, 0.2) is 0 Å². The summed E-state index contributed by atoms with van der Waals surface area (Å²) in [6.07, 6.45) is 11.8. The highest BCUT2D eigenvalue weighted by Crippen LogP contribution is 2.30. The van der Waals surface area contributed by atoms with E-state index in [4.69, 9.17) is 19.4 Å². The van der Waals surface area contributed by atoms with E-state index in [1.54, 1.807) is 21.0 Å². The molecule has 5 heteroatoms. The van der Waals surface area contributed by atoms with Gasteiger partial charge in [0, 0.05) is 20.0 Å². The molecule has 0 radical (unpaired) electrons. The predicted octanol–water partition coefficient (Wildman–Crippen LogP) is 4.81. The molecule has 126 valence electrons. The third-order valence-electron chi connectivity index (χ3n) is 4.17. The van der Waals surface area contributed by atoms with Crippen molar-refractivity contribution in [2.24, 2.45) is 0 Å². The van der Waals surface area contributed by atoms with Crippen molar-refractivity contribution in [2.75, 3.05) is 7.11 Å². The lowest BCUT2D eigenvalue weighted by Crippen LogP contribution is -2.39. The highest BCUT2D eigenvalue weighted by atomic mass is 17.3. The van der Waals surface area contributed by atoms with Gasteiger partial charge in [-0.3, -0.25) is 0 Å². The van der Waals surface area contributed by atoms with Crippen LogP contribution in [-0.2, 0) is 19.4 Å². The number of hydrogen-bond donors (Lipinski definition) is 1. The minimum atomic E-state index is -1.07. The van der Waals surface area contributed by atoms with Crippen LogP contribution in [-0.4, -0.2) is 23.9 Å². The maximum absolute atomic E-state index is 9.37. The molecular weight excluding hydrogens is 272 g/mol. The summed E-state index contributed by atoms with van der Waals surface area (Å²) in [6.45, 7) is 3.51. The van der Waals surface area contributed by atoms with E-state index >= 15 is 0 Å². The zero-order valence-electron chi connectivity index (χ0n) is 13.9. The van der Waals surface area contributed by atoms with Gasteiger partial charge in [0.2, 0.25) is 5.79 Å². The van der Waals surface area contributed by atoms with Gasteiger partial charge in [-0.1, -0.05) is 44.9 Å². The highest BCUT2D eigenvalue weighted by Gasteiger charge is 2.36. The van der Waals surface area contributed by atoms with Gasteiger partial charge in [0.05, 0.1) is 0 Å². The van der Waals surface area contributed by atoms with Crippen molar-refractivity contribution in [3.8, 4) is 0 Å². The Morgan fingerprint density at radius 2 is 1.24 bits per heavy atom. The molecule has 0 unspecified atom stereocenters. The van der Waals surface area contributed by atoms with Crippen LogP contribution in [0.4, 0.5) is 0 Å². The average molecular weight is 304 g/mol. The molecule has 1 aliphatic carbocycles. The molecule has 1 aliphatic rings. The van der Waals surface area contributed by atoms with Crippen LogP contribution in [0.5, 0.6) is 0 Å². The number of rotatable bonds is 5. The molecular formula is C16H32O5. The van der Waals surface area contributed by atoms with Crippen molar-refractivity contribution >= 4 is 0 Å². The van der Waals surface area contributed by atoms with Gasteiger partial charge >= 0.3 is 0 Å². The van der Waals surface area contributed by atoms with Crippen LogP contribution in [0.3, 0.4) is 0 Å². The second-order valence-corrected chi connectivity index (χ2v) is 6.45. The van der Waals surface area contributed by atoms with E-state index in [9.17, 15) is 5.26 Å². The monoisotopic (exact) mass is 304 g/mol. The van der Waals surface area contributed by atoms with E-state index in [1.165, 1.54) is 32.1 Å². The molecule has 0 bridgehead atoms. The first-order chi connectivity index (χ1) is 10.0. The van der Waals surface area contributed by atoms with Crippen molar-refractivity contribution < 1.29 is 24.7 Å². The summed E-state index contributed by atoms with van der Waals surface area (Å²) >= 11 is 0. The average Bonchev–Trinajstić information content (AvgIpc) is 2.47. The van der Waals surface area contributed by atoms with E-state index in [0.29, 0.717) is 12.8 Å². The Kier molecular flexibility index (Phi) is 8.74. The molecule has 1 fully saturated rings. The molecule has 1 N–H and O–H groups in total. The van der Waals surface area contributed by atoms with Crippen LogP contribution in [0.2, 0.25) is 0 Å². The Morgan fingerprint density at radius 1 is 0.810 bits per heavy atom. The molecule has 0 aliphatic heterocycles. The molecule has 0 atom stereocenters. The zero-order valence-corrected chi connectivity index (χ0v) is 13.9. The Balaban J connectivity index is 2.58. The lowest BCUT2D eigenvalue weighted by atomic mass is 9.97. The summed E-state index contributed by atoms with van der Waals surface area (Å²) < 4.78 is 5.17. The van der Waals surface area contributed by atoms with E-state index in [0.717, 1.165) is 25.7 Å². The largest absolute Gasteiger partial charge is 0.351 e. The molecule has 0 spiro atoms. The molecule has 5 nitrogen and oxygen atoms in total. The molecule has 21 heavy (non-hydrogen) atoms. The Bertz CT molecular complexity index is 255. The van der Waals surface area contributed by atoms with E-state index in [1.807, 2.05) is 0 Å². The first-order valence-corrected chi connectivity index (χ1v) is 8.28. The lowest BCUT2D eigenvalue weighted by Gasteiger charge is -2.32. The van der Waals surface area contributed by atoms with Crippen LogP contribution < -0.4 is 0 Å². The molecule has 0 aromatic heterocycles. The second kappa shape index (κ2) is 9.74. The van der Waals surface area contributed by atoms with Gasteiger partial charge in [-0.2, -0.15) is 9.78 Å². The molecule has 1 saturated carbocycles. The summed E-state index contributed by atoms with van der Waals surface area (Å²) in [4.78, 5) is 15.5. The zero-order chi connectivity index (χ0) is 15.6. The standard InChI is InChI=1S/C16H32O5/c1-15(2,18-3)20-21-16(19-17)13-11-9-7-5-4-6-8-10-12-14-16/h17H,4-14H2,1-3H3. The third-order valence-corrected chi connectivity index (χ3v) is 4.17. The summed E-state index contributed by atoms with van der Waals surface area (Å²) in [5.41, 5.74) is 0. The van der Waals surface area contributed by atoms with Gasteiger partial charge in [-0.05, 0) is 26.7 Å². The van der Waals surface area contributed by atoms with Crippen molar-refractivity contribution in [1.29, 1.82) is 0 Å². The van der Waals surface area contributed by atoms with Gasteiger partial charge in [-0.25, -0.2) is 10.1 Å². The quantitative estimate of drug-likeness (QED) is 0.449. The molecule has 0 saturated heterocycles. The van der Waals surface area contributed by atoms with Gasteiger partial charge in [0.1, 0.15) is 0 Å². The highest BCUT2D eigenvalue weighted by molar-refractivity contribution is 4.69. The minimum Gasteiger partial charge on any atom is -0.351 e. The fourth-order valence-corrected chi connectivity index (χ4v) is 2.55. The molecule has 0 heterocycles. The van der Waals surface area contributed by atoms with Gasteiger partial charge < -0.3 is 4.74 Å². The summed E-state index contributed by atoms with van der Waals surface area (Å²) in [5, 5.41) is 9.37. The number of ether oxygens (including phenoxy) is 1. The first-order valence-electron chi connectivity index (χ1n) is 8.28. The van der Waals surface area contributed by atoms with Gasteiger partial charge in [0.25, 0.3) is 0 Å². The maximum atomic E-state index is 9.37. The Hall–Kier alpha value is -0.200. The molecule has 0 amide bonds. The number of hydrogen-bond acceptors (Lipinski definition) is 5. The van der Waals surface area contributed by atoms with Crippen molar-refractivity contribution in [3.05, 3.63) is 0 Å². The molecule has 0 aromatic carbocycles. The van der Waals surface area contributed by atoms with Crippen molar-refractivity contribution in [3.63, 3.8) is 0 Å². The van der Waals surface area contributed by atoms with Crippen LogP contribution >= 0.6 is 0 Å². The van der Waals surface area contributed by atoms with Gasteiger partial charge in [-0.15, -0.1) is 0 Å². The van der Waals surface area contributed by atoms with E-state index < -0.39 is 11.6 Å². The first kappa shape index (κ1) is 18.8. The fourth-order valence-electron chi connectivity index (χ4n) is 2.55.